The number of benzene rings is 1. The lowest BCUT2D eigenvalue weighted by molar-refractivity contribution is -0.142. The molecule has 102 valence electrons. The molecule has 1 aliphatic carbocycles. The molecule has 0 aromatic heterocycles. The third-order valence-corrected chi connectivity index (χ3v) is 4.00. The second-order valence-electron chi connectivity index (χ2n) is 5.12. The normalized spacial score (nSPS) is 18.9. The maximum atomic E-state index is 11.5. The van der Waals surface area contributed by atoms with E-state index in [1.165, 1.54) is 6.92 Å². The lowest BCUT2D eigenvalue weighted by atomic mass is 9.84. The number of carbonyl (C=O) groups excluding carboxylic acids is 1. The van der Waals surface area contributed by atoms with Crippen molar-refractivity contribution in [2.45, 2.75) is 39.0 Å². The fourth-order valence-corrected chi connectivity index (χ4v) is 3.01. The van der Waals surface area contributed by atoms with Gasteiger partial charge in [-0.05, 0) is 55.4 Å². The van der Waals surface area contributed by atoms with E-state index in [1.54, 1.807) is 12.1 Å². The summed E-state index contributed by atoms with van der Waals surface area (Å²) in [4.78, 5) is 22.8. The summed E-state index contributed by atoms with van der Waals surface area (Å²) in [7, 11) is 0. The Morgan fingerprint density at radius 2 is 2.11 bits per heavy atom. The van der Waals surface area contributed by atoms with Crippen molar-refractivity contribution in [3.63, 3.8) is 0 Å². The first-order valence-corrected chi connectivity index (χ1v) is 6.55. The van der Waals surface area contributed by atoms with E-state index in [2.05, 4.69) is 0 Å². The minimum atomic E-state index is -0.794. The summed E-state index contributed by atoms with van der Waals surface area (Å²) >= 11 is 0. The molecule has 4 heteroatoms. The van der Waals surface area contributed by atoms with Gasteiger partial charge in [0.15, 0.2) is 5.78 Å². The summed E-state index contributed by atoms with van der Waals surface area (Å²) in [6.45, 7) is 3.27. The third kappa shape index (κ3) is 2.35. The minimum Gasteiger partial charge on any atom is -0.507 e. The Morgan fingerprint density at radius 3 is 2.63 bits per heavy atom. The van der Waals surface area contributed by atoms with E-state index in [9.17, 15) is 19.8 Å². The number of rotatable bonds is 4. The van der Waals surface area contributed by atoms with Gasteiger partial charge in [0, 0.05) is 0 Å². The average molecular weight is 262 g/mol. The highest BCUT2D eigenvalue weighted by molar-refractivity contribution is 5.97. The van der Waals surface area contributed by atoms with Crippen LogP contribution in [0, 0.1) is 5.92 Å². The van der Waals surface area contributed by atoms with E-state index >= 15 is 0 Å². The highest BCUT2D eigenvalue weighted by Gasteiger charge is 2.34. The topological polar surface area (TPSA) is 74.6 Å². The summed E-state index contributed by atoms with van der Waals surface area (Å²) in [6, 6.07) is 3.29. The van der Waals surface area contributed by atoms with Crippen molar-refractivity contribution in [2.75, 3.05) is 0 Å². The molecule has 0 saturated heterocycles. The number of aromatic hydroxyl groups is 1. The first-order valence-electron chi connectivity index (χ1n) is 6.55. The van der Waals surface area contributed by atoms with Gasteiger partial charge in [0.05, 0.1) is 11.5 Å². The Bertz CT molecular complexity index is 533. The lowest BCUT2D eigenvalue weighted by Gasteiger charge is -2.19. The zero-order chi connectivity index (χ0) is 14.2. The quantitative estimate of drug-likeness (QED) is 0.818. The predicted octanol–water partition coefficient (Wildman–Crippen LogP) is 2.74. The van der Waals surface area contributed by atoms with Gasteiger partial charge in [-0.1, -0.05) is 6.92 Å². The van der Waals surface area contributed by atoms with Crippen LogP contribution in [-0.4, -0.2) is 22.0 Å². The van der Waals surface area contributed by atoms with Crippen molar-refractivity contribution < 1.29 is 19.8 Å². The number of phenolic OH excluding ortho intramolecular Hbond substituents is 1. The number of aryl methyl sites for hydroxylation is 1. The van der Waals surface area contributed by atoms with Crippen molar-refractivity contribution in [3.8, 4) is 5.75 Å². The van der Waals surface area contributed by atoms with Crippen molar-refractivity contribution in [1.29, 1.82) is 0 Å². The summed E-state index contributed by atoms with van der Waals surface area (Å²) in [5.74, 6) is -1.48. The molecular formula is C15H18O4. The van der Waals surface area contributed by atoms with Crippen LogP contribution in [0.1, 0.15) is 54.1 Å². The Morgan fingerprint density at radius 1 is 1.42 bits per heavy atom. The molecule has 0 heterocycles. The van der Waals surface area contributed by atoms with Gasteiger partial charge in [-0.2, -0.15) is 0 Å². The molecule has 2 unspecified atom stereocenters. The van der Waals surface area contributed by atoms with E-state index in [0.717, 1.165) is 24.0 Å². The first kappa shape index (κ1) is 13.6. The number of Topliss-reactive ketones (excluding diaryl/α,β-unsaturated/α-hetero) is 1. The van der Waals surface area contributed by atoms with E-state index in [4.69, 9.17) is 0 Å². The molecule has 2 atom stereocenters. The van der Waals surface area contributed by atoms with Gasteiger partial charge < -0.3 is 10.2 Å². The number of carboxylic acid groups (broad SMARTS) is 1. The Balaban J connectivity index is 2.46. The first-order chi connectivity index (χ1) is 8.95. The van der Waals surface area contributed by atoms with Crippen LogP contribution in [0.3, 0.4) is 0 Å². The van der Waals surface area contributed by atoms with Crippen LogP contribution in [-0.2, 0) is 11.2 Å². The molecule has 0 aliphatic heterocycles. The SMILES string of the molecule is CCC(C(=O)O)C1CCc2cc(O)c(C(C)=O)cc21. The van der Waals surface area contributed by atoms with Crippen molar-refractivity contribution in [3.05, 3.63) is 28.8 Å². The van der Waals surface area contributed by atoms with Gasteiger partial charge in [0.25, 0.3) is 0 Å². The monoisotopic (exact) mass is 262 g/mol. The van der Waals surface area contributed by atoms with Crippen molar-refractivity contribution in [1.82, 2.24) is 0 Å². The molecule has 19 heavy (non-hydrogen) atoms. The number of ketones is 1. The number of aliphatic carboxylic acids is 1. The van der Waals surface area contributed by atoms with Crippen molar-refractivity contribution >= 4 is 11.8 Å². The Kier molecular flexibility index (Phi) is 3.60. The van der Waals surface area contributed by atoms with Crippen LogP contribution < -0.4 is 0 Å². The molecule has 4 nitrogen and oxygen atoms in total. The molecule has 0 amide bonds. The number of hydrogen-bond donors (Lipinski definition) is 2. The molecule has 0 radical (unpaired) electrons. The Hall–Kier alpha value is -1.84. The van der Waals surface area contributed by atoms with E-state index < -0.39 is 11.9 Å². The van der Waals surface area contributed by atoms with E-state index in [-0.39, 0.29) is 23.0 Å². The summed E-state index contributed by atoms with van der Waals surface area (Å²) < 4.78 is 0. The fraction of sp³-hybridized carbons (Fsp3) is 0.467. The van der Waals surface area contributed by atoms with Crippen LogP contribution in [0.5, 0.6) is 5.75 Å². The lowest BCUT2D eigenvalue weighted by Crippen LogP contribution is -2.20. The molecule has 2 N–H and O–H groups in total. The highest BCUT2D eigenvalue weighted by atomic mass is 16.4. The maximum Gasteiger partial charge on any atom is 0.307 e. The summed E-state index contributed by atoms with van der Waals surface area (Å²) in [5, 5.41) is 19.1. The number of hydrogen-bond acceptors (Lipinski definition) is 3. The third-order valence-electron chi connectivity index (χ3n) is 4.00. The zero-order valence-electron chi connectivity index (χ0n) is 11.1. The van der Waals surface area contributed by atoms with Gasteiger partial charge in [-0.3, -0.25) is 9.59 Å². The molecule has 0 fully saturated rings. The molecular weight excluding hydrogens is 244 g/mol. The van der Waals surface area contributed by atoms with Crippen molar-refractivity contribution in [2.24, 2.45) is 5.92 Å². The van der Waals surface area contributed by atoms with E-state index in [0.29, 0.717) is 6.42 Å². The van der Waals surface area contributed by atoms with Gasteiger partial charge >= 0.3 is 5.97 Å². The number of fused-ring (bicyclic) bond motifs is 1. The highest BCUT2D eigenvalue weighted by Crippen LogP contribution is 2.42. The maximum absolute atomic E-state index is 11.5. The summed E-state index contributed by atoms with van der Waals surface area (Å²) in [6.07, 6.45) is 2.09. The minimum absolute atomic E-state index is 0.00438. The zero-order valence-corrected chi connectivity index (χ0v) is 11.1. The van der Waals surface area contributed by atoms with Gasteiger partial charge in [0.1, 0.15) is 5.75 Å². The molecule has 1 aromatic rings. The Labute approximate surface area is 112 Å². The number of carboxylic acids is 1. The molecule has 1 aromatic carbocycles. The van der Waals surface area contributed by atoms with Crippen LogP contribution in [0.2, 0.25) is 0 Å². The molecule has 1 aliphatic rings. The second kappa shape index (κ2) is 5.03. The molecule has 2 rings (SSSR count). The van der Waals surface area contributed by atoms with Gasteiger partial charge in [-0.25, -0.2) is 0 Å². The molecule has 0 saturated carbocycles. The van der Waals surface area contributed by atoms with Gasteiger partial charge in [-0.15, -0.1) is 0 Å². The number of phenols is 1. The van der Waals surface area contributed by atoms with E-state index in [1.807, 2.05) is 6.92 Å². The smallest absolute Gasteiger partial charge is 0.307 e. The van der Waals surface area contributed by atoms with Gasteiger partial charge in [0.2, 0.25) is 0 Å². The molecule has 0 spiro atoms. The predicted molar refractivity (Wildman–Crippen MR) is 70.6 cm³/mol. The standard InChI is InChI=1S/C15H18O4/c1-3-10(15(18)19)11-5-4-9-6-14(17)12(8(2)16)7-13(9)11/h6-7,10-11,17H,3-5H2,1-2H3,(H,18,19). The summed E-state index contributed by atoms with van der Waals surface area (Å²) in [5.41, 5.74) is 2.16. The van der Waals surface area contributed by atoms with Crippen LogP contribution in [0.4, 0.5) is 0 Å². The largest absolute Gasteiger partial charge is 0.507 e. The van der Waals surface area contributed by atoms with Crippen LogP contribution >= 0.6 is 0 Å². The molecule has 0 bridgehead atoms. The number of carbonyl (C=O) groups is 2. The van der Waals surface area contributed by atoms with Crippen LogP contribution in [0.25, 0.3) is 0 Å². The van der Waals surface area contributed by atoms with Crippen LogP contribution in [0.15, 0.2) is 12.1 Å². The second-order valence-corrected chi connectivity index (χ2v) is 5.12. The fourth-order valence-electron chi connectivity index (χ4n) is 3.01. The average Bonchev–Trinajstić information content (AvgIpc) is 2.71.